The van der Waals surface area contributed by atoms with Crippen LogP contribution in [0.1, 0.15) is 56.6 Å². The number of alkyl halides is 6. The standard InChI is InChI=1S/C27H35F6N3O4/c1-18-5-6-19(20(15-18)35-11-3-7-24(2,17-35)22(37)38)16-36-12-4-8-25(36)9-13-34(14-10-25)23(39)40-21(26(28,29)30)27(31,32)33/h5-6,15,21H,3-4,7-14,16-17H2,1-2H3,(H,37,38). The average Bonchev–Trinajstić information content (AvgIpc) is 3.23. The van der Waals surface area contributed by atoms with Crippen LogP contribution in [0.4, 0.5) is 36.8 Å². The van der Waals surface area contributed by atoms with Crippen molar-refractivity contribution in [3.05, 3.63) is 29.3 Å². The van der Waals surface area contributed by atoms with Crippen molar-refractivity contribution in [2.45, 2.75) is 82.9 Å². The number of aryl methyl sites for hydroxylation is 1. The Bertz CT molecular complexity index is 1090. The number of hydrogen-bond acceptors (Lipinski definition) is 5. The molecule has 0 radical (unpaired) electrons. The predicted octanol–water partition coefficient (Wildman–Crippen LogP) is 5.75. The summed E-state index contributed by atoms with van der Waals surface area (Å²) >= 11 is 0. The Hall–Kier alpha value is -2.70. The van der Waals surface area contributed by atoms with Crippen LogP contribution in [0.15, 0.2) is 18.2 Å². The summed E-state index contributed by atoms with van der Waals surface area (Å²) in [4.78, 5) is 29.5. The van der Waals surface area contributed by atoms with Crippen LogP contribution in [0.25, 0.3) is 0 Å². The van der Waals surface area contributed by atoms with Gasteiger partial charge in [-0.05, 0) is 76.1 Å². The molecule has 40 heavy (non-hydrogen) atoms. The highest BCUT2D eigenvalue weighted by Crippen LogP contribution is 2.42. The van der Waals surface area contributed by atoms with Crippen molar-refractivity contribution in [1.82, 2.24) is 9.80 Å². The van der Waals surface area contributed by atoms with Gasteiger partial charge in [-0.25, -0.2) is 4.79 Å². The highest BCUT2D eigenvalue weighted by molar-refractivity contribution is 5.76. The Labute approximate surface area is 229 Å². The smallest absolute Gasteiger partial charge is 0.434 e. The Morgan fingerprint density at radius 3 is 2.20 bits per heavy atom. The van der Waals surface area contributed by atoms with Crippen LogP contribution in [0.5, 0.6) is 0 Å². The SMILES string of the molecule is Cc1ccc(CN2CCCC23CCN(C(=O)OC(C(F)(F)F)C(F)(F)F)CC3)c(N2CCCC(C)(C(=O)O)C2)c1. The second-order valence-electron chi connectivity index (χ2n) is 11.6. The zero-order valence-electron chi connectivity index (χ0n) is 22.6. The van der Waals surface area contributed by atoms with E-state index in [2.05, 4.69) is 20.6 Å². The fraction of sp³-hybridized carbons (Fsp3) is 0.704. The second kappa shape index (κ2) is 10.9. The van der Waals surface area contributed by atoms with E-state index < -0.39 is 35.9 Å². The number of hydrogen-bond donors (Lipinski definition) is 1. The summed E-state index contributed by atoms with van der Waals surface area (Å²) in [6.45, 7) is 6.15. The molecule has 224 valence electrons. The molecule has 1 spiro atoms. The van der Waals surface area contributed by atoms with E-state index in [9.17, 15) is 41.0 Å². The maximum Gasteiger partial charge on any atom is 0.434 e. The number of carbonyl (C=O) groups is 2. The molecule has 3 aliphatic heterocycles. The van der Waals surface area contributed by atoms with E-state index in [1.165, 1.54) is 0 Å². The molecule has 1 N–H and O–H groups in total. The molecule has 3 aliphatic rings. The van der Waals surface area contributed by atoms with Gasteiger partial charge in [0.1, 0.15) is 0 Å². The van der Waals surface area contributed by atoms with Crippen LogP contribution in [-0.4, -0.2) is 83.7 Å². The summed E-state index contributed by atoms with van der Waals surface area (Å²) < 4.78 is 81.1. The van der Waals surface area contributed by atoms with Crippen LogP contribution >= 0.6 is 0 Å². The number of benzene rings is 1. The molecule has 3 fully saturated rings. The first-order chi connectivity index (χ1) is 18.5. The molecule has 3 saturated heterocycles. The average molecular weight is 580 g/mol. The number of amides is 1. The highest BCUT2D eigenvalue weighted by Gasteiger charge is 2.60. The minimum atomic E-state index is -5.75. The Kier molecular flexibility index (Phi) is 8.28. The van der Waals surface area contributed by atoms with Gasteiger partial charge in [0.2, 0.25) is 0 Å². The van der Waals surface area contributed by atoms with Crippen molar-refractivity contribution in [2.24, 2.45) is 5.41 Å². The molecule has 1 unspecified atom stereocenters. The van der Waals surface area contributed by atoms with Crippen molar-refractivity contribution in [3.8, 4) is 0 Å². The van der Waals surface area contributed by atoms with Crippen molar-refractivity contribution >= 4 is 17.7 Å². The fourth-order valence-electron chi connectivity index (χ4n) is 6.33. The normalized spacial score (nSPS) is 24.1. The minimum Gasteiger partial charge on any atom is -0.481 e. The molecule has 1 atom stereocenters. The molecule has 1 amide bonds. The van der Waals surface area contributed by atoms with E-state index in [0.717, 1.165) is 54.1 Å². The quantitative estimate of drug-likeness (QED) is 0.449. The number of likely N-dealkylation sites (tertiary alicyclic amines) is 2. The number of carbonyl (C=O) groups excluding carboxylic acids is 1. The van der Waals surface area contributed by atoms with Gasteiger partial charge in [0.25, 0.3) is 6.10 Å². The van der Waals surface area contributed by atoms with Gasteiger partial charge < -0.3 is 19.6 Å². The second-order valence-corrected chi connectivity index (χ2v) is 11.6. The molecule has 13 heteroatoms. The largest absolute Gasteiger partial charge is 0.481 e. The van der Waals surface area contributed by atoms with Crippen LogP contribution in [0.2, 0.25) is 0 Å². The first-order valence-corrected chi connectivity index (χ1v) is 13.5. The van der Waals surface area contributed by atoms with E-state index >= 15 is 0 Å². The van der Waals surface area contributed by atoms with E-state index in [0.29, 0.717) is 32.4 Å². The van der Waals surface area contributed by atoms with Gasteiger partial charge in [-0.3, -0.25) is 9.69 Å². The molecule has 0 aromatic heterocycles. The summed E-state index contributed by atoms with van der Waals surface area (Å²) in [6, 6.07) is 6.09. The molecule has 3 heterocycles. The molecule has 0 bridgehead atoms. The maximum absolute atomic E-state index is 12.9. The van der Waals surface area contributed by atoms with Gasteiger partial charge >= 0.3 is 24.4 Å². The zero-order valence-corrected chi connectivity index (χ0v) is 22.6. The number of piperidine rings is 2. The van der Waals surface area contributed by atoms with Crippen LogP contribution in [-0.2, 0) is 16.1 Å². The first-order valence-electron chi connectivity index (χ1n) is 13.5. The van der Waals surface area contributed by atoms with Gasteiger partial charge in [0, 0.05) is 44.0 Å². The third-order valence-electron chi connectivity index (χ3n) is 8.66. The van der Waals surface area contributed by atoms with Gasteiger partial charge in [-0.15, -0.1) is 0 Å². The number of carboxylic acids is 1. The van der Waals surface area contributed by atoms with Gasteiger partial charge in [-0.1, -0.05) is 12.1 Å². The summed E-state index contributed by atoms with van der Waals surface area (Å²) in [7, 11) is 0. The molecular formula is C27H35F6N3O4. The molecule has 0 aliphatic carbocycles. The Morgan fingerprint density at radius 1 is 0.975 bits per heavy atom. The van der Waals surface area contributed by atoms with Crippen molar-refractivity contribution in [2.75, 3.05) is 37.6 Å². The number of ether oxygens (including phenoxy) is 1. The van der Waals surface area contributed by atoms with E-state index in [-0.39, 0.29) is 18.6 Å². The Morgan fingerprint density at radius 2 is 1.60 bits per heavy atom. The van der Waals surface area contributed by atoms with Crippen LogP contribution < -0.4 is 4.90 Å². The van der Waals surface area contributed by atoms with Crippen LogP contribution in [0.3, 0.4) is 0 Å². The van der Waals surface area contributed by atoms with Gasteiger partial charge in [-0.2, -0.15) is 26.3 Å². The molecule has 1 aromatic carbocycles. The molecule has 1 aromatic rings. The third kappa shape index (κ3) is 6.28. The fourth-order valence-corrected chi connectivity index (χ4v) is 6.33. The lowest BCUT2D eigenvalue weighted by Crippen LogP contribution is -2.54. The minimum absolute atomic E-state index is 0.0123. The number of carboxylic acid groups (broad SMARTS) is 1. The summed E-state index contributed by atoms with van der Waals surface area (Å²) in [5.41, 5.74) is 1.85. The summed E-state index contributed by atoms with van der Waals surface area (Å²) in [5.74, 6) is -0.827. The van der Waals surface area contributed by atoms with Crippen molar-refractivity contribution in [3.63, 3.8) is 0 Å². The molecule has 7 nitrogen and oxygen atoms in total. The third-order valence-corrected chi connectivity index (χ3v) is 8.66. The Balaban J connectivity index is 1.46. The van der Waals surface area contributed by atoms with E-state index in [1.807, 2.05) is 19.1 Å². The molecule has 0 saturated carbocycles. The first kappa shape index (κ1) is 30.3. The number of anilines is 1. The van der Waals surface area contributed by atoms with Crippen LogP contribution in [0, 0.1) is 12.3 Å². The highest BCUT2D eigenvalue weighted by atomic mass is 19.4. The monoisotopic (exact) mass is 579 g/mol. The lowest BCUT2D eigenvalue weighted by Gasteiger charge is -2.45. The lowest BCUT2D eigenvalue weighted by atomic mass is 9.81. The number of rotatable bonds is 5. The molecule has 4 rings (SSSR count). The summed E-state index contributed by atoms with van der Waals surface area (Å²) in [5, 5.41) is 9.79. The zero-order chi connectivity index (χ0) is 29.5. The van der Waals surface area contributed by atoms with Crippen molar-refractivity contribution < 1.29 is 45.8 Å². The van der Waals surface area contributed by atoms with E-state index in [4.69, 9.17) is 0 Å². The van der Waals surface area contributed by atoms with Crippen molar-refractivity contribution in [1.29, 1.82) is 0 Å². The number of nitrogens with zero attached hydrogens (tertiary/aromatic N) is 3. The maximum atomic E-state index is 12.9. The van der Waals surface area contributed by atoms with E-state index in [1.54, 1.807) is 6.92 Å². The number of aliphatic carboxylic acids is 1. The molecular weight excluding hydrogens is 544 g/mol. The topological polar surface area (TPSA) is 73.3 Å². The van der Waals surface area contributed by atoms with Gasteiger partial charge in [0.05, 0.1) is 5.41 Å². The number of halogens is 6. The summed E-state index contributed by atoms with van der Waals surface area (Å²) in [6.07, 6.45) is -13.5. The lowest BCUT2D eigenvalue weighted by molar-refractivity contribution is -0.308. The van der Waals surface area contributed by atoms with Gasteiger partial charge in [0.15, 0.2) is 0 Å². The predicted molar refractivity (Wildman–Crippen MR) is 134 cm³/mol.